The Labute approximate surface area is 91.6 Å². The van der Waals surface area contributed by atoms with E-state index in [4.69, 9.17) is 11.6 Å². The highest BCUT2D eigenvalue weighted by Gasteiger charge is 1.96. The smallest absolute Gasteiger partial charge is 0.0407 e. The van der Waals surface area contributed by atoms with E-state index in [1.165, 1.54) is 11.1 Å². The number of hydrogen-bond acceptors (Lipinski definition) is 0. The molecule has 14 heavy (non-hydrogen) atoms. The Hall–Kier alpha value is -0.750. The lowest BCUT2D eigenvalue weighted by Crippen LogP contribution is -1.93. The number of rotatable bonds is 4. The van der Waals surface area contributed by atoms with Crippen molar-refractivity contribution < 1.29 is 0 Å². The molecule has 1 heteroatoms. The van der Waals surface area contributed by atoms with Gasteiger partial charge in [-0.15, -0.1) is 11.6 Å². The van der Waals surface area contributed by atoms with Crippen molar-refractivity contribution in [2.45, 2.75) is 20.3 Å². The molecule has 0 amide bonds. The van der Waals surface area contributed by atoms with Crippen LogP contribution >= 0.6 is 11.6 Å². The van der Waals surface area contributed by atoms with E-state index in [-0.39, 0.29) is 0 Å². The fraction of sp³-hybridized carbons (Fsp3) is 0.385. The van der Waals surface area contributed by atoms with Crippen LogP contribution in [0.5, 0.6) is 0 Å². The van der Waals surface area contributed by atoms with E-state index < -0.39 is 0 Å². The van der Waals surface area contributed by atoms with Crippen molar-refractivity contribution in [3.05, 3.63) is 41.5 Å². The van der Waals surface area contributed by atoms with Crippen LogP contribution in [0.4, 0.5) is 0 Å². The van der Waals surface area contributed by atoms with E-state index in [1.54, 1.807) is 0 Å². The molecule has 0 aromatic heterocycles. The van der Waals surface area contributed by atoms with E-state index in [2.05, 4.69) is 38.1 Å². The van der Waals surface area contributed by atoms with Crippen molar-refractivity contribution in [3.63, 3.8) is 0 Å². The lowest BCUT2D eigenvalue weighted by Gasteiger charge is -2.04. The van der Waals surface area contributed by atoms with E-state index in [9.17, 15) is 0 Å². The molecule has 0 unspecified atom stereocenters. The topological polar surface area (TPSA) is 0 Å². The molecule has 0 fully saturated rings. The van der Waals surface area contributed by atoms with Crippen molar-refractivity contribution in [2.24, 2.45) is 5.92 Å². The van der Waals surface area contributed by atoms with Gasteiger partial charge in [0.25, 0.3) is 0 Å². The monoisotopic (exact) mass is 208 g/mol. The minimum atomic E-state index is 0.577. The largest absolute Gasteiger partial charge is 0.122 e. The number of allylic oxidation sites excluding steroid dienone is 1. The van der Waals surface area contributed by atoms with Crippen molar-refractivity contribution in [1.82, 2.24) is 0 Å². The van der Waals surface area contributed by atoms with Crippen LogP contribution in [0.15, 0.2) is 30.3 Å². The second kappa shape index (κ2) is 5.87. The summed E-state index contributed by atoms with van der Waals surface area (Å²) in [6.07, 6.45) is 5.16. The van der Waals surface area contributed by atoms with Crippen LogP contribution in [0.2, 0.25) is 0 Å². The summed E-state index contributed by atoms with van der Waals surface area (Å²) in [5, 5.41) is 0. The number of hydrogen-bond donors (Lipinski definition) is 0. The van der Waals surface area contributed by atoms with Gasteiger partial charge in [0, 0.05) is 5.88 Å². The van der Waals surface area contributed by atoms with E-state index >= 15 is 0 Å². The summed E-state index contributed by atoms with van der Waals surface area (Å²) >= 11 is 5.56. The molecule has 0 radical (unpaired) electrons. The first-order valence-electron chi connectivity index (χ1n) is 5.04. The fourth-order valence-corrected chi connectivity index (χ4v) is 1.51. The molecule has 0 heterocycles. The van der Waals surface area contributed by atoms with Gasteiger partial charge in [-0.3, -0.25) is 0 Å². The molecule has 0 aliphatic heterocycles. The predicted octanol–water partition coefficient (Wildman–Crippen LogP) is 4.14. The summed E-state index contributed by atoms with van der Waals surface area (Å²) in [5.74, 6) is 1.30. The Kier molecular flexibility index (Phi) is 4.75. The van der Waals surface area contributed by atoms with Crippen LogP contribution < -0.4 is 0 Å². The molecular weight excluding hydrogens is 192 g/mol. The van der Waals surface area contributed by atoms with Crippen LogP contribution in [0.25, 0.3) is 6.08 Å². The van der Waals surface area contributed by atoms with Gasteiger partial charge in [-0.25, -0.2) is 0 Å². The Bertz CT molecular complexity index is 283. The van der Waals surface area contributed by atoms with E-state index in [1.807, 2.05) is 12.2 Å². The van der Waals surface area contributed by atoms with Crippen LogP contribution in [-0.2, 0) is 6.42 Å². The number of benzene rings is 1. The average molecular weight is 209 g/mol. The molecule has 76 valence electrons. The first-order valence-corrected chi connectivity index (χ1v) is 5.57. The van der Waals surface area contributed by atoms with Gasteiger partial charge in [0.15, 0.2) is 0 Å². The average Bonchev–Trinajstić information content (AvgIpc) is 2.16. The highest BCUT2D eigenvalue weighted by molar-refractivity contribution is 6.19. The van der Waals surface area contributed by atoms with Crippen molar-refractivity contribution in [1.29, 1.82) is 0 Å². The van der Waals surface area contributed by atoms with Crippen molar-refractivity contribution in [2.75, 3.05) is 5.88 Å². The second-order valence-electron chi connectivity index (χ2n) is 3.90. The van der Waals surface area contributed by atoms with Crippen LogP contribution in [0.1, 0.15) is 25.0 Å². The van der Waals surface area contributed by atoms with E-state index in [0.717, 1.165) is 12.3 Å². The zero-order valence-corrected chi connectivity index (χ0v) is 9.59. The minimum Gasteiger partial charge on any atom is -0.122 e. The summed E-state index contributed by atoms with van der Waals surface area (Å²) in [6.45, 7) is 4.47. The third kappa shape index (κ3) is 3.97. The van der Waals surface area contributed by atoms with Gasteiger partial charge in [0.1, 0.15) is 0 Å². The lowest BCUT2D eigenvalue weighted by molar-refractivity contribution is 0.647. The Balaban J connectivity index is 2.64. The molecule has 0 nitrogen and oxygen atoms in total. The molecule has 1 aromatic rings. The number of alkyl halides is 1. The van der Waals surface area contributed by atoms with Gasteiger partial charge < -0.3 is 0 Å². The van der Waals surface area contributed by atoms with Crippen molar-refractivity contribution in [3.8, 4) is 0 Å². The van der Waals surface area contributed by atoms with Gasteiger partial charge in [-0.05, 0) is 23.5 Å². The molecule has 1 rings (SSSR count). The molecule has 0 saturated heterocycles. The third-order valence-corrected chi connectivity index (χ3v) is 2.20. The zero-order valence-electron chi connectivity index (χ0n) is 8.83. The van der Waals surface area contributed by atoms with Gasteiger partial charge in [-0.1, -0.05) is 50.3 Å². The van der Waals surface area contributed by atoms with Gasteiger partial charge in [0.05, 0.1) is 0 Å². The minimum absolute atomic E-state index is 0.577. The SMILES string of the molecule is CC(C)Cc1ccc(C=CCCl)cc1. The van der Waals surface area contributed by atoms with E-state index in [0.29, 0.717) is 5.88 Å². The summed E-state index contributed by atoms with van der Waals surface area (Å²) < 4.78 is 0. The predicted molar refractivity (Wildman–Crippen MR) is 64.7 cm³/mol. The maximum atomic E-state index is 5.56. The molecule has 0 N–H and O–H groups in total. The molecular formula is C13H17Cl. The van der Waals surface area contributed by atoms with Crippen LogP contribution in [0, 0.1) is 5.92 Å². The maximum Gasteiger partial charge on any atom is 0.0407 e. The lowest BCUT2D eigenvalue weighted by atomic mass is 10.0. The van der Waals surface area contributed by atoms with Crippen LogP contribution in [-0.4, -0.2) is 5.88 Å². The summed E-state index contributed by atoms with van der Waals surface area (Å²) in [7, 11) is 0. The summed E-state index contributed by atoms with van der Waals surface area (Å²) in [6, 6.07) is 8.66. The summed E-state index contributed by atoms with van der Waals surface area (Å²) in [4.78, 5) is 0. The Morgan fingerprint density at radius 2 is 1.86 bits per heavy atom. The maximum absolute atomic E-state index is 5.56. The molecule has 0 aliphatic rings. The Morgan fingerprint density at radius 1 is 1.21 bits per heavy atom. The fourth-order valence-electron chi connectivity index (χ4n) is 1.42. The highest BCUT2D eigenvalue weighted by atomic mass is 35.5. The zero-order chi connectivity index (χ0) is 10.4. The first kappa shape index (κ1) is 11.3. The second-order valence-corrected chi connectivity index (χ2v) is 4.20. The quantitative estimate of drug-likeness (QED) is 0.653. The highest BCUT2D eigenvalue weighted by Crippen LogP contribution is 2.10. The molecule has 1 aromatic carbocycles. The molecule has 0 atom stereocenters. The standard InChI is InChI=1S/C13H17Cl/c1-11(2)10-13-7-5-12(6-8-13)4-3-9-14/h3-8,11H,9-10H2,1-2H3. The molecule has 0 spiro atoms. The van der Waals surface area contributed by atoms with Crippen LogP contribution in [0.3, 0.4) is 0 Å². The molecule has 0 aliphatic carbocycles. The normalized spacial score (nSPS) is 11.4. The summed E-state index contributed by atoms with van der Waals surface area (Å²) in [5.41, 5.74) is 2.63. The van der Waals surface area contributed by atoms with Gasteiger partial charge in [-0.2, -0.15) is 0 Å². The first-order chi connectivity index (χ1) is 6.72. The third-order valence-electron chi connectivity index (χ3n) is 2.02. The van der Waals surface area contributed by atoms with Gasteiger partial charge >= 0.3 is 0 Å². The number of halogens is 1. The Morgan fingerprint density at radius 3 is 2.36 bits per heavy atom. The van der Waals surface area contributed by atoms with Gasteiger partial charge in [0.2, 0.25) is 0 Å². The molecule has 0 saturated carbocycles. The van der Waals surface area contributed by atoms with Crippen molar-refractivity contribution >= 4 is 17.7 Å². The molecule has 0 bridgehead atoms.